The predicted molar refractivity (Wildman–Crippen MR) is 65.2 cm³/mol. The molecule has 4 nitrogen and oxygen atoms in total. The quantitative estimate of drug-likeness (QED) is 0.764. The molecule has 0 atom stereocenters. The second-order valence-corrected chi connectivity index (χ2v) is 4.15. The first-order chi connectivity index (χ1) is 8.15. The molecule has 2 aromatic rings. The molecule has 0 aromatic carbocycles. The number of ether oxygens (including phenoxy) is 1. The molecule has 2 heterocycles. The van der Waals surface area contributed by atoms with Gasteiger partial charge >= 0.3 is 5.97 Å². The van der Waals surface area contributed by atoms with Gasteiger partial charge in [0.2, 0.25) is 0 Å². The zero-order chi connectivity index (χ0) is 12.4. The number of imidazole rings is 1. The molecule has 0 aliphatic carbocycles. The topological polar surface area (TPSA) is 43.6 Å². The summed E-state index contributed by atoms with van der Waals surface area (Å²) >= 11 is 0. The van der Waals surface area contributed by atoms with Gasteiger partial charge in [-0.1, -0.05) is 19.9 Å². The molecule has 0 saturated carbocycles. The van der Waals surface area contributed by atoms with E-state index in [4.69, 9.17) is 4.74 Å². The van der Waals surface area contributed by atoms with Gasteiger partial charge in [-0.25, -0.2) is 9.78 Å². The van der Waals surface area contributed by atoms with Crippen molar-refractivity contribution in [1.82, 2.24) is 9.38 Å². The maximum absolute atomic E-state index is 11.8. The molecule has 0 aliphatic rings. The number of carbonyl (C=O) groups excluding carboxylic acids is 1. The lowest BCUT2D eigenvalue weighted by atomic mass is 10.2. The standard InChI is InChI=1S/C13H16N2O2/c1-4-17-13(16)11-10-7-5-6-8-15(10)12(14-11)9(2)3/h5-9H,4H2,1-3H3. The van der Waals surface area contributed by atoms with Crippen LogP contribution in [0, 0.1) is 0 Å². The van der Waals surface area contributed by atoms with Gasteiger partial charge in [0.1, 0.15) is 5.82 Å². The summed E-state index contributed by atoms with van der Waals surface area (Å²) in [6.45, 7) is 6.26. The first-order valence-electron chi connectivity index (χ1n) is 5.79. The maximum Gasteiger partial charge on any atom is 0.359 e. The van der Waals surface area contributed by atoms with E-state index in [1.54, 1.807) is 6.92 Å². The third-order valence-corrected chi connectivity index (χ3v) is 2.56. The van der Waals surface area contributed by atoms with Crippen molar-refractivity contribution in [2.45, 2.75) is 26.7 Å². The van der Waals surface area contributed by atoms with Crippen LogP contribution in [0.3, 0.4) is 0 Å². The van der Waals surface area contributed by atoms with Crippen LogP contribution < -0.4 is 0 Å². The van der Waals surface area contributed by atoms with Crippen molar-refractivity contribution < 1.29 is 9.53 Å². The zero-order valence-electron chi connectivity index (χ0n) is 10.3. The molecule has 17 heavy (non-hydrogen) atoms. The molecular weight excluding hydrogens is 216 g/mol. The third kappa shape index (κ3) is 2.02. The lowest BCUT2D eigenvalue weighted by Crippen LogP contribution is -2.05. The molecule has 0 unspecified atom stereocenters. The highest BCUT2D eigenvalue weighted by atomic mass is 16.5. The summed E-state index contributed by atoms with van der Waals surface area (Å²) in [5, 5.41) is 0. The molecular formula is C13H16N2O2. The maximum atomic E-state index is 11.8. The number of fused-ring (bicyclic) bond motifs is 1. The molecule has 0 N–H and O–H groups in total. The summed E-state index contributed by atoms with van der Waals surface area (Å²) in [6.07, 6.45) is 1.92. The van der Waals surface area contributed by atoms with Crippen LogP contribution in [0.4, 0.5) is 0 Å². The Kier molecular flexibility index (Phi) is 3.13. The van der Waals surface area contributed by atoms with Crippen LogP contribution in [0.15, 0.2) is 24.4 Å². The number of hydrogen-bond donors (Lipinski definition) is 0. The molecule has 0 spiro atoms. The number of nitrogens with zero attached hydrogens (tertiary/aromatic N) is 2. The Balaban J connectivity index is 2.60. The molecule has 0 bridgehead atoms. The smallest absolute Gasteiger partial charge is 0.359 e. The van der Waals surface area contributed by atoms with E-state index in [-0.39, 0.29) is 11.9 Å². The van der Waals surface area contributed by atoms with E-state index >= 15 is 0 Å². The SMILES string of the molecule is CCOC(=O)c1nc(C(C)C)n2ccccc12. The van der Waals surface area contributed by atoms with E-state index < -0.39 is 0 Å². The van der Waals surface area contributed by atoms with Gasteiger partial charge in [-0.15, -0.1) is 0 Å². The van der Waals surface area contributed by atoms with Crippen LogP contribution in [0.1, 0.15) is 43.0 Å². The van der Waals surface area contributed by atoms with Gasteiger partial charge < -0.3 is 9.14 Å². The summed E-state index contributed by atoms with van der Waals surface area (Å²) in [5.41, 5.74) is 1.20. The summed E-state index contributed by atoms with van der Waals surface area (Å²) in [4.78, 5) is 16.2. The van der Waals surface area contributed by atoms with E-state index in [0.717, 1.165) is 11.3 Å². The molecule has 2 aromatic heterocycles. The van der Waals surface area contributed by atoms with Crippen molar-refractivity contribution in [2.24, 2.45) is 0 Å². The number of hydrogen-bond acceptors (Lipinski definition) is 3. The second-order valence-electron chi connectivity index (χ2n) is 4.15. The van der Waals surface area contributed by atoms with Crippen molar-refractivity contribution in [3.8, 4) is 0 Å². The molecule has 0 fully saturated rings. The lowest BCUT2D eigenvalue weighted by molar-refractivity contribution is 0.0522. The van der Waals surface area contributed by atoms with E-state index in [1.807, 2.05) is 28.8 Å². The third-order valence-electron chi connectivity index (χ3n) is 2.56. The minimum Gasteiger partial charge on any atom is -0.461 e. The van der Waals surface area contributed by atoms with E-state index in [0.29, 0.717) is 12.3 Å². The van der Waals surface area contributed by atoms with Crippen molar-refractivity contribution in [3.63, 3.8) is 0 Å². The molecule has 4 heteroatoms. The van der Waals surface area contributed by atoms with Crippen LogP contribution in [0.25, 0.3) is 5.52 Å². The zero-order valence-corrected chi connectivity index (χ0v) is 10.3. The molecule has 0 amide bonds. The van der Waals surface area contributed by atoms with Gasteiger partial charge in [0, 0.05) is 12.1 Å². The van der Waals surface area contributed by atoms with Crippen molar-refractivity contribution in [2.75, 3.05) is 6.61 Å². The Bertz CT molecular complexity index is 543. The van der Waals surface area contributed by atoms with Crippen molar-refractivity contribution in [3.05, 3.63) is 35.9 Å². The number of aromatic nitrogens is 2. The van der Waals surface area contributed by atoms with E-state index in [1.165, 1.54) is 0 Å². The van der Waals surface area contributed by atoms with Gasteiger partial charge in [-0.3, -0.25) is 0 Å². The van der Waals surface area contributed by atoms with Gasteiger partial charge in [0.25, 0.3) is 0 Å². The van der Waals surface area contributed by atoms with Gasteiger partial charge in [0.15, 0.2) is 5.69 Å². The summed E-state index contributed by atoms with van der Waals surface area (Å²) < 4.78 is 6.96. The van der Waals surface area contributed by atoms with Gasteiger partial charge in [-0.2, -0.15) is 0 Å². The average Bonchev–Trinajstić information content (AvgIpc) is 2.69. The van der Waals surface area contributed by atoms with E-state index in [9.17, 15) is 4.79 Å². The summed E-state index contributed by atoms with van der Waals surface area (Å²) in [5.74, 6) is 0.778. The monoisotopic (exact) mass is 232 g/mol. The van der Waals surface area contributed by atoms with Gasteiger partial charge in [0.05, 0.1) is 12.1 Å². The Morgan fingerprint density at radius 3 is 2.88 bits per heavy atom. The highest BCUT2D eigenvalue weighted by Crippen LogP contribution is 2.19. The predicted octanol–water partition coefficient (Wildman–Crippen LogP) is 2.63. The van der Waals surface area contributed by atoms with Crippen molar-refractivity contribution >= 4 is 11.5 Å². The number of pyridine rings is 1. The molecule has 0 aliphatic heterocycles. The lowest BCUT2D eigenvalue weighted by Gasteiger charge is -2.02. The minimum atomic E-state index is -0.358. The highest BCUT2D eigenvalue weighted by molar-refractivity contribution is 5.95. The molecule has 0 saturated heterocycles. The van der Waals surface area contributed by atoms with Crippen LogP contribution in [-0.2, 0) is 4.74 Å². The Morgan fingerprint density at radius 1 is 1.47 bits per heavy atom. The fourth-order valence-corrected chi connectivity index (χ4v) is 1.82. The summed E-state index contributed by atoms with van der Waals surface area (Å²) in [7, 11) is 0. The molecule has 2 rings (SSSR count). The van der Waals surface area contributed by atoms with Gasteiger partial charge in [-0.05, 0) is 19.1 Å². The Hall–Kier alpha value is -1.84. The largest absolute Gasteiger partial charge is 0.461 e. The van der Waals surface area contributed by atoms with Crippen LogP contribution >= 0.6 is 0 Å². The fourth-order valence-electron chi connectivity index (χ4n) is 1.82. The second kappa shape index (κ2) is 4.57. The molecule has 0 radical (unpaired) electrons. The minimum absolute atomic E-state index is 0.257. The first-order valence-corrected chi connectivity index (χ1v) is 5.79. The summed E-state index contributed by atoms with van der Waals surface area (Å²) in [6, 6.07) is 5.70. The number of carbonyl (C=O) groups is 1. The average molecular weight is 232 g/mol. The Morgan fingerprint density at radius 2 is 2.24 bits per heavy atom. The van der Waals surface area contributed by atoms with Crippen molar-refractivity contribution in [1.29, 1.82) is 0 Å². The van der Waals surface area contributed by atoms with Crippen LogP contribution in [0.2, 0.25) is 0 Å². The number of esters is 1. The Labute approximate surface area is 100 Å². The highest BCUT2D eigenvalue weighted by Gasteiger charge is 2.19. The van der Waals surface area contributed by atoms with Crippen LogP contribution in [-0.4, -0.2) is 22.0 Å². The first kappa shape index (κ1) is 11.6. The van der Waals surface area contributed by atoms with E-state index in [2.05, 4.69) is 18.8 Å². The van der Waals surface area contributed by atoms with Crippen LogP contribution in [0.5, 0.6) is 0 Å². The normalized spacial score (nSPS) is 11.1. The fraction of sp³-hybridized carbons (Fsp3) is 0.385. The number of rotatable bonds is 3. The molecule has 90 valence electrons.